The van der Waals surface area contributed by atoms with Crippen LogP contribution in [-0.2, 0) is 9.16 Å². The van der Waals surface area contributed by atoms with Crippen LogP contribution >= 0.6 is 0 Å². The molecule has 2 nitrogen and oxygen atoms in total. The summed E-state index contributed by atoms with van der Waals surface area (Å²) in [7, 11) is -2.50. The number of hydrogen-bond acceptors (Lipinski definition) is 2. The van der Waals surface area contributed by atoms with Gasteiger partial charge >= 0.3 is 0 Å². The Balaban J connectivity index is 2.03. The standard InChI is InChI=1S/C24H32O2Si/c1-20-16-17-24(5,25-18-20)19-26-27(23(2,3)4,21-12-8-6-9-13-21)22-14-10-7-11-15-22/h6-15H,1,16-19H2,2-5H3. The van der Waals surface area contributed by atoms with Crippen molar-refractivity contribution in [3.8, 4) is 0 Å². The van der Waals surface area contributed by atoms with E-state index in [0.29, 0.717) is 13.2 Å². The Labute approximate surface area is 165 Å². The van der Waals surface area contributed by atoms with E-state index in [1.54, 1.807) is 0 Å². The minimum absolute atomic E-state index is 0.00959. The maximum Gasteiger partial charge on any atom is 0.261 e. The summed E-state index contributed by atoms with van der Waals surface area (Å²) in [5.74, 6) is 0. The zero-order valence-corrected chi connectivity index (χ0v) is 18.1. The van der Waals surface area contributed by atoms with Crippen molar-refractivity contribution in [2.45, 2.75) is 51.2 Å². The molecular weight excluding hydrogens is 348 g/mol. The second-order valence-corrected chi connectivity index (χ2v) is 13.2. The van der Waals surface area contributed by atoms with Crippen LogP contribution in [-0.4, -0.2) is 27.1 Å². The first-order chi connectivity index (χ1) is 12.8. The van der Waals surface area contributed by atoms with Crippen LogP contribution in [0.15, 0.2) is 72.8 Å². The van der Waals surface area contributed by atoms with Crippen LogP contribution in [0.25, 0.3) is 0 Å². The SMILES string of the molecule is C=C1CCC(C)(CO[Si](c2ccccc2)(c2ccccc2)C(C)(C)C)OC1. The molecule has 3 heteroatoms. The molecule has 27 heavy (non-hydrogen) atoms. The molecule has 1 aliphatic rings. The lowest BCUT2D eigenvalue weighted by Gasteiger charge is -2.45. The van der Waals surface area contributed by atoms with E-state index in [1.165, 1.54) is 15.9 Å². The summed E-state index contributed by atoms with van der Waals surface area (Å²) in [5, 5.41) is 2.62. The van der Waals surface area contributed by atoms with Gasteiger partial charge in [-0.3, -0.25) is 0 Å². The molecule has 0 radical (unpaired) electrons. The van der Waals surface area contributed by atoms with Gasteiger partial charge in [0.2, 0.25) is 0 Å². The van der Waals surface area contributed by atoms with Crippen molar-refractivity contribution in [3.63, 3.8) is 0 Å². The van der Waals surface area contributed by atoms with E-state index in [9.17, 15) is 0 Å². The fourth-order valence-electron chi connectivity index (χ4n) is 4.00. The Morgan fingerprint density at radius 1 is 1.00 bits per heavy atom. The number of rotatable bonds is 5. The highest BCUT2D eigenvalue weighted by atomic mass is 28.4. The van der Waals surface area contributed by atoms with Crippen molar-refractivity contribution in [2.75, 3.05) is 13.2 Å². The van der Waals surface area contributed by atoms with E-state index in [0.717, 1.165) is 12.8 Å². The summed E-state index contributed by atoms with van der Waals surface area (Å²) in [5.41, 5.74) is 0.923. The first-order valence-corrected chi connectivity index (χ1v) is 11.7. The molecule has 0 amide bonds. The van der Waals surface area contributed by atoms with Crippen LogP contribution in [0.2, 0.25) is 5.04 Å². The topological polar surface area (TPSA) is 18.5 Å². The predicted octanol–water partition coefficient (Wildman–Crippen LogP) is 4.69. The van der Waals surface area contributed by atoms with Gasteiger partial charge in [-0.05, 0) is 35.2 Å². The molecule has 2 aromatic rings. The van der Waals surface area contributed by atoms with Crippen molar-refractivity contribution in [1.82, 2.24) is 0 Å². The lowest BCUT2D eigenvalue weighted by atomic mass is 9.95. The highest BCUT2D eigenvalue weighted by Crippen LogP contribution is 2.38. The average molecular weight is 381 g/mol. The molecule has 1 saturated heterocycles. The molecule has 0 bridgehead atoms. The summed E-state index contributed by atoms with van der Waals surface area (Å²) in [6, 6.07) is 21.6. The third-order valence-electron chi connectivity index (χ3n) is 5.64. The van der Waals surface area contributed by atoms with E-state index in [-0.39, 0.29) is 10.6 Å². The number of ether oxygens (including phenoxy) is 1. The Morgan fingerprint density at radius 3 is 1.93 bits per heavy atom. The molecule has 0 aromatic heterocycles. The van der Waals surface area contributed by atoms with Gasteiger partial charge in [0.25, 0.3) is 8.32 Å². The Bertz CT molecular complexity index is 712. The van der Waals surface area contributed by atoms with Gasteiger partial charge in [-0.2, -0.15) is 0 Å². The van der Waals surface area contributed by atoms with Crippen molar-refractivity contribution in [3.05, 3.63) is 72.8 Å². The molecule has 1 fully saturated rings. The zero-order chi connectivity index (χ0) is 19.5. The van der Waals surface area contributed by atoms with Crippen molar-refractivity contribution in [2.24, 2.45) is 0 Å². The van der Waals surface area contributed by atoms with Gasteiger partial charge in [-0.25, -0.2) is 0 Å². The molecule has 0 spiro atoms. The second kappa shape index (κ2) is 7.74. The molecule has 1 unspecified atom stereocenters. The largest absolute Gasteiger partial charge is 0.404 e. The van der Waals surface area contributed by atoms with Crippen molar-refractivity contribution < 1.29 is 9.16 Å². The van der Waals surface area contributed by atoms with Gasteiger partial charge < -0.3 is 9.16 Å². The van der Waals surface area contributed by atoms with E-state index >= 15 is 0 Å². The smallest absolute Gasteiger partial charge is 0.261 e. The van der Waals surface area contributed by atoms with Gasteiger partial charge in [-0.1, -0.05) is 93.6 Å². The molecule has 0 saturated carbocycles. The molecule has 2 aromatic carbocycles. The van der Waals surface area contributed by atoms with Crippen LogP contribution in [0.1, 0.15) is 40.5 Å². The Morgan fingerprint density at radius 2 is 1.52 bits per heavy atom. The lowest BCUT2D eigenvalue weighted by Crippen LogP contribution is -2.67. The van der Waals surface area contributed by atoms with Crippen LogP contribution in [0.3, 0.4) is 0 Å². The van der Waals surface area contributed by atoms with E-state index in [1.807, 2.05) is 0 Å². The van der Waals surface area contributed by atoms with Crippen LogP contribution < -0.4 is 10.4 Å². The average Bonchev–Trinajstić information content (AvgIpc) is 2.66. The quantitative estimate of drug-likeness (QED) is 0.553. The third-order valence-corrected chi connectivity index (χ3v) is 10.6. The fraction of sp³-hybridized carbons (Fsp3) is 0.417. The molecule has 1 heterocycles. The zero-order valence-electron chi connectivity index (χ0n) is 17.1. The minimum atomic E-state index is -2.50. The summed E-state index contributed by atoms with van der Waals surface area (Å²) in [4.78, 5) is 0. The number of hydrogen-bond donors (Lipinski definition) is 0. The highest BCUT2D eigenvalue weighted by Gasteiger charge is 2.51. The molecule has 1 atom stereocenters. The van der Waals surface area contributed by atoms with Gasteiger partial charge in [0.1, 0.15) is 0 Å². The maximum absolute atomic E-state index is 7.03. The summed E-state index contributed by atoms with van der Waals surface area (Å²) >= 11 is 0. The molecule has 0 N–H and O–H groups in total. The van der Waals surface area contributed by atoms with Crippen LogP contribution in [0.5, 0.6) is 0 Å². The molecular formula is C24H32O2Si. The Hall–Kier alpha value is -1.68. The second-order valence-electron chi connectivity index (χ2n) is 8.94. The highest BCUT2D eigenvalue weighted by molar-refractivity contribution is 6.99. The van der Waals surface area contributed by atoms with Crippen LogP contribution in [0.4, 0.5) is 0 Å². The van der Waals surface area contributed by atoms with Gasteiger partial charge in [0.05, 0.1) is 18.8 Å². The van der Waals surface area contributed by atoms with Crippen LogP contribution in [0, 0.1) is 0 Å². The minimum Gasteiger partial charge on any atom is -0.404 e. The molecule has 3 rings (SSSR count). The lowest BCUT2D eigenvalue weighted by molar-refractivity contribution is -0.0730. The predicted molar refractivity (Wildman–Crippen MR) is 116 cm³/mol. The first kappa shape index (κ1) is 20.1. The van der Waals surface area contributed by atoms with E-state index < -0.39 is 8.32 Å². The maximum atomic E-state index is 7.03. The number of benzene rings is 2. The summed E-state index contributed by atoms with van der Waals surface area (Å²) in [6.07, 6.45) is 1.98. The van der Waals surface area contributed by atoms with Crippen molar-refractivity contribution >= 4 is 18.7 Å². The molecule has 0 aliphatic carbocycles. The third kappa shape index (κ3) is 4.10. The molecule has 144 valence electrons. The summed E-state index contributed by atoms with van der Waals surface area (Å²) < 4.78 is 13.2. The van der Waals surface area contributed by atoms with Crippen molar-refractivity contribution in [1.29, 1.82) is 0 Å². The van der Waals surface area contributed by atoms with E-state index in [2.05, 4.69) is 94.9 Å². The monoisotopic (exact) mass is 380 g/mol. The van der Waals surface area contributed by atoms with E-state index in [4.69, 9.17) is 9.16 Å². The van der Waals surface area contributed by atoms with Gasteiger partial charge in [-0.15, -0.1) is 0 Å². The fourth-order valence-corrected chi connectivity index (χ4v) is 8.68. The Kier molecular flexibility index (Phi) is 5.75. The molecule has 1 aliphatic heterocycles. The van der Waals surface area contributed by atoms with Gasteiger partial charge in [0, 0.05) is 0 Å². The normalized spacial score (nSPS) is 21.3. The first-order valence-electron chi connectivity index (χ1n) is 9.82. The summed E-state index contributed by atoms with van der Waals surface area (Å²) in [6.45, 7) is 14.4. The van der Waals surface area contributed by atoms with Gasteiger partial charge in [0.15, 0.2) is 0 Å².